The molecule has 4 nitrogen and oxygen atoms in total. The Labute approximate surface area is 126 Å². The molecule has 6 heteroatoms. The number of carboxylic acids is 1. The van der Waals surface area contributed by atoms with Gasteiger partial charge in [-0.25, -0.2) is 9.78 Å². The van der Waals surface area contributed by atoms with Crippen LogP contribution in [0, 0.1) is 0 Å². The standard InChI is InChI=1S/C13H9Br2NO3/c14-7-3-4-9(15)8(5-7)12-16-10(6-1-2-6)11(19-12)13(17)18/h3-6H,1-2H2,(H,17,18). The van der Waals surface area contributed by atoms with E-state index < -0.39 is 5.97 Å². The first kappa shape index (κ1) is 12.9. The van der Waals surface area contributed by atoms with Crippen molar-refractivity contribution in [3.8, 4) is 11.5 Å². The molecule has 0 aliphatic heterocycles. The van der Waals surface area contributed by atoms with Gasteiger partial charge in [0.15, 0.2) is 0 Å². The molecule has 0 atom stereocenters. The van der Waals surface area contributed by atoms with Crippen LogP contribution in [0.1, 0.15) is 35.0 Å². The van der Waals surface area contributed by atoms with E-state index in [0.29, 0.717) is 11.6 Å². The Kier molecular flexibility index (Phi) is 3.22. The third-order valence-corrected chi connectivity index (χ3v) is 4.16. The highest BCUT2D eigenvalue weighted by Gasteiger charge is 2.33. The maximum absolute atomic E-state index is 11.2. The number of benzene rings is 1. The molecule has 1 N–H and O–H groups in total. The number of oxazole rings is 1. The second kappa shape index (κ2) is 4.76. The summed E-state index contributed by atoms with van der Waals surface area (Å²) in [6.07, 6.45) is 1.96. The monoisotopic (exact) mass is 385 g/mol. The molecule has 1 aliphatic carbocycles. The third kappa shape index (κ3) is 2.47. The second-order valence-corrected chi connectivity index (χ2v) is 6.21. The van der Waals surface area contributed by atoms with E-state index in [1.165, 1.54) is 0 Å². The van der Waals surface area contributed by atoms with Crippen molar-refractivity contribution in [2.24, 2.45) is 0 Å². The molecular formula is C13H9Br2NO3. The van der Waals surface area contributed by atoms with Gasteiger partial charge in [0.2, 0.25) is 11.7 Å². The summed E-state index contributed by atoms with van der Waals surface area (Å²) < 4.78 is 7.14. The van der Waals surface area contributed by atoms with Gasteiger partial charge in [0.05, 0.1) is 11.3 Å². The lowest BCUT2D eigenvalue weighted by Gasteiger charge is -2.00. The highest BCUT2D eigenvalue weighted by Crippen LogP contribution is 2.43. The van der Waals surface area contributed by atoms with Gasteiger partial charge in [0, 0.05) is 14.9 Å². The summed E-state index contributed by atoms with van der Waals surface area (Å²) in [6, 6.07) is 5.59. The first-order valence-electron chi connectivity index (χ1n) is 5.75. The summed E-state index contributed by atoms with van der Waals surface area (Å²) in [5.41, 5.74) is 1.30. The number of aromatic nitrogens is 1. The maximum atomic E-state index is 11.2. The number of hydrogen-bond donors (Lipinski definition) is 1. The van der Waals surface area contributed by atoms with Crippen LogP contribution in [-0.4, -0.2) is 16.1 Å². The van der Waals surface area contributed by atoms with Crippen LogP contribution in [0.15, 0.2) is 31.6 Å². The molecule has 3 rings (SSSR count). The zero-order valence-electron chi connectivity index (χ0n) is 9.69. The van der Waals surface area contributed by atoms with E-state index in [1.54, 1.807) is 0 Å². The van der Waals surface area contributed by atoms with Crippen molar-refractivity contribution in [3.63, 3.8) is 0 Å². The van der Waals surface area contributed by atoms with Gasteiger partial charge in [-0.3, -0.25) is 0 Å². The zero-order valence-corrected chi connectivity index (χ0v) is 12.9. The number of aromatic carboxylic acids is 1. The van der Waals surface area contributed by atoms with Crippen LogP contribution < -0.4 is 0 Å². The van der Waals surface area contributed by atoms with Gasteiger partial charge in [-0.15, -0.1) is 0 Å². The summed E-state index contributed by atoms with van der Waals surface area (Å²) >= 11 is 6.80. The Morgan fingerprint density at radius 1 is 1.37 bits per heavy atom. The van der Waals surface area contributed by atoms with Crippen molar-refractivity contribution in [1.29, 1.82) is 0 Å². The molecule has 1 aliphatic rings. The zero-order chi connectivity index (χ0) is 13.6. The first-order chi connectivity index (χ1) is 9.06. The van der Waals surface area contributed by atoms with Crippen LogP contribution in [-0.2, 0) is 0 Å². The van der Waals surface area contributed by atoms with Crippen molar-refractivity contribution < 1.29 is 14.3 Å². The van der Waals surface area contributed by atoms with Crippen molar-refractivity contribution >= 4 is 37.8 Å². The fourth-order valence-electron chi connectivity index (χ4n) is 1.90. The van der Waals surface area contributed by atoms with E-state index in [0.717, 1.165) is 27.4 Å². The van der Waals surface area contributed by atoms with Crippen LogP contribution in [0.2, 0.25) is 0 Å². The van der Waals surface area contributed by atoms with Crippen molar-refractivity contribution in [1.82, 2.24) is 4.98 Å². The fourth-order valence-corrected chi connectivity index (χ4v) is 2.67. The minimum absolute atomic E-state index is 0.0376. The molecular weight excluding hydrogens is 378 g/mol. The Bertz CT molecular complexity index is 662. The van der Waals surface area contributed by atoms with Gasteiger partial charge in [0.1, 0.15) is 0 Å². The number of carboxylic acid groups (broad SMARTS) is 1. The Balaban J connectivity index is 2.12. The molecule has 1 saturated carbocycles. The smallest absolute Gasteiger partial charge is 0.373 e. The minimum Gasteiger partial charge on any atom is -0.475 e. The first-order valence-corrected chi connectivity index (χ1v) is 7.34. The quantitative estimate of drug-likeness (QED) is 0.846. The lowest BCUT2D eigenvalue weighted by atomic mass is 10.2. The van der Waals surface area contributed by atoms with Gasteiger partial charge in [-0.05, 0) is 47.0 Å². The third-order valence-electron chi connectivity index (χ3n) is 2.97. The Morgan fingerprint density at radius 2 is 2.11 bits per heavy atom. The fraction of sp³-hybridized carbons (Fsp3) is 0.231. The van der Waals surface area contributed by atoms with Crippen LogP contribution in [0.25, 0.3) is 11.5 Å². The van der Waals surface area contributed by atoms with Crippen LogP contribution >= 0.6 is 31.9 Å². The predicted octanol–water partition coefficient (Wildman–Crippen LogP) is 4.44. The number of nitrogens with zero attached hydrogens (tertiary/aromatic N) is 1. The molecule has 1 aromatic carbocycles. The topological polar surface area (TPSA) is 63.3 Å². The molecule has 0 unspecified atom stereocenters. The normalized spacial score (nSPS) is 14.6. The van der Waals surface area contributed by atoms with Gasteiger partial charge < -0.3 is 9.52 Å². The van der Waals surface area contributed by atoms with E-state index in [1.807, 2.05) is 18.2 Å². The SMILES string of the molecule is O=C(O)c1oc(-c2cc(Br)ccc2Br)nc1C1CC1. The number of rotatable bonds is 3. The van der Waals surface area contributed by atoms with Crippen LogP contribution in [0.3, 0.4) is 0 Å². The van der Waals surface area contributed by atoms with Gasteiger partial charge in [-0.1, -0.05) is 15.9 Å². The highest BCUT2D eigenvalue weighted by molar-refractivity contribution is 9.11. The molecule has 2 aromatic rings. The van der Waals surface area contributed by atoms with E-state index in [2.05, 4.69) is 36.8 Å². The largest absolute Gasteiger partial charge is 0.475 e. The average molecular weight is 387 g/mol. The Hall–Kier alpha value is -1.14. The molecule has 0 saturated heterocycles. The molecule has 0 radical (unpaired) electrons. The lowest BCUT2D eigenvalue weighted by Crippen LogP contribution is -1.98. The number of carbonyl (C=O) groups is 1. The predicted molar refractivity (Wildman–Crippen MR) is 76.3 cm³/mol. The summed E-state index contributed by atoms with van der Waals surface area (Å²) in [6.45, 7) is 0. The summed E-state index contributed by atoms with van der Waals surface area (Å²) in [4.78, 5) is 15.6. The molecule has 0 bridgehead atoms. The molecule has 1 aromatic heterocycles. The second-order valence-electron chi connectivity index (χ2n) is 4.44. The van der Waals surface area contributed by atoms with Gasteiger partial charge >= 0.3 is 5.97 Å². The van der Waals surface area contributed by atoms with Crippen molar-refractivity contribution in [2.75, 3.05) is 0 Å². The van der Waals surface area contributed by atoms with Gasteiger partial charge in [-0.2, -0.15) is 0 Å². The van der Waals surface area contributed by atoms with Crippen LogP contribution in [0.4, 0.5) is 0 Å². The molecule has 0 spiro atoms. The highest BCUT2D eigenvalue weighted by atomic mass is 79.9. The minimum atomic E-state index is -1.06. The molecule has 98 valence electrons. The van der Waals surface area contributed by atoms with E-state index in [-0.39, 0.29) is 11.7 Å². The summed E-state index contributed by atoms with van der Waals surface area (Å²) in [5.74, 6) is -0.529. The average Bonchev–Trinajstić information content (AvgIpc) is 3.11. The van der Waals surface area contributed by atoms with E-state index >= 15 is 0 Å². The van der Waals surface area contributed by atoms with Crippen LogP contribution in [0.5, 0.6) is 0 Å². The molecule has 0 amide bonds. The maximum Gasteiger partial charge on any atom is 0.373 e. The van der Waals surface area contributed by atoms with Crippen molar-refractivity contribution in [3.05, 3.63) is 38.6 Å². The molecule has 19 heavy (non-hydrogen) atoms. The van der Waals surface area contributed by atoms with Crippen molar-refractivity contribution in [2.45, 2.75) is 18.8 Å². The molecule has 1 fully saturated rings. The van der Waals surface area contributed by atoms with Gasteiger partial charge in [0.25, 0.3) is 0 Å². The lowest BCUT2D eigenvalue weighted by molar-refractivity contribution is 0.0661. The Morgan fingerprint density at radius 3 is 2.74 bits per heavy atom. The molecule has 1 heterocycles. The van der Waals surface area contributed by atoms with E-state index in [9.17, 15) is 9.90 Å². The van der Waals surface area contributed by atoms with E-state index in [4.69, 9.17) is 4.42 Å². The number of hydrogen-bond acceptors (Lipinski definition) is 3. The summed E-state index contributed by atoms with van der Waals surface area (Å²) in [7, 11) is 0. The number of halogens is 2. The summed E-state index contributed by atoms with van der Waals surface area (Å²) in [5, 5.41) is 9.17.